The molecule has 0 saturated carbocycles. The topological polar surface area (TPSA) is 84.9 Å². The molecular weight excluding hydrogens is 200 g/mol. The van der Waals surface area contributed by atoms with Gasteiger partial charge in [0.2, 0.25) is 10.4 Å². The first-order valence-corrected chi connectivity index (χ1v) is 5.15. The van der Waals surface area contributed by atoms with E-state index in [4.69, 9.17) is 9.47 Å². The molecule has 0 aliphatic carbocycles. The molecule has 0 spiro atoms. The smallest absolute Gasteiger partial charge is 0.217 e. The zero-order valence-electron chi connectivity index (χ0n) is 7.39. The fourth-order valence-electron chi connectivity index (χ4n) is 0.559. The first-order valence-electron chi connectivity index (χ1n) is 3.82. The normalized spacial score (nSPS) is 11.8. The predicted molar refractivity (Wildman–Crippen MR) is 43.0 cm³/mol. The molecule has 7 heteroatoms. The Labute approximate surface area is 77.7 Å². The van der Waals surface area contributed by atoms with E-state index in [-0.39, 0.29) is 13.2 Å². The standard InChI is InChI=1S/C6H14O6S/c1-2-10-3-4-11-5-6-12-13(7,8)9/h2-6H2,1H3,(H,7,8,9)/p-1. The molecule has 0 aromatic carbocycles. The molecule has 6 nitrogen and oxygen atoms in total. The van der Waals surface area contributed by atoms with Crippen molar-refractivity contribution >= 4 is 10.4 Å². The minimum atomic E-state index is -4.58. The average Bonchev–Trinajstić information content (AvgIpc) is 2.01. The van der Waals surface area contributed by atoms with E-state index in [9.17, 15) is 13.0 Å². The van der Waals surface area contributed by atoms with E-state index < -0.39 is 10.4 Å². The first-order chi connectivity index (χ1) is 6.06. The van der Waals surface area contributed by atoms with Gasteiger partial charge in [0.05, 0.1) is 26.4 Å². The van der Waals surface area contributed by atoms with Crippen LogP contribution < -0.4 is 0 Å². The van der Waals surface area contributed by atoms with Crippen molar-refractivity contribution in [2.75, 3.05) is 33.0 Å². The molecular formula is C6H13O6S-. The van der Waals surface area contributed by atoms with Crippen LogP contribution >= 0.6 is 0 Å². The number of hydrogen-bond acceptors (Lipinski definition) is 6. The Balaban J connectivity index is 3.09. The van der Waals surface area contributed by atoms with E-state index in [0.717, 1.165) is 0 Å². The molecule has 0 N–H and O–H groups in total. The highest BCUT2D eigenvalue weighted by Gasteiger charge is 1.94. The third-order valence-corrected chi connectivity index (χ3v) is 1.49. The van der Waals surface area contributed by atoms with Crippen LogP contribution in [0.15, 0.2) is 0 Å². The molecule has 0 unspecified atom stereocenters. The lowest BCUT2D eigenvalue weighted by atomic mass is 10.7. The van der Waals surface area contributed by atoms with Gasteiger partial charge in [0.25, 0.3) is 0 Å². The average molecular weight is 213 g/mol. The maximum Gasteiger partial charge on any atom is 0.217 e. The summed E-state index contributed by atoms with van der Waals surface area (Å²) in [5, 5.41) is 0. The molecule has 0 fully saturated rings. The van der Waals surface area contributed by atoms with Gasteiger partial charge in [-0.1, -0.05) is 0 Å². The summed E-state index contributed by atoms with van der Waals surface area (Å²) in [7, 11) is -4.58. The van der Waals surface area contributed by atoms with Gasteiger partial charge in [0, 0.05) is 6.61 Å². The van der Waals surface area contributed by atoms with E-state index in [1.54, 1.807) is 0 Å². The van der Waals surface area contributed by atoms with Gasteiger partial charge in [-0.05, 0) is 6.92 Å². The van der Waals surface area contributed by atoms with Crippen molar-refractivity contribution in [3.63, 3.8) is 0 Å². The van der Waals surface area contributed by atoms with Crippen molar-refractivity contribution in [1.29, 1.82) is 0 Å². The maximum absolute atomic E-state index is 9.91. The summed E-state index contributed by atoms with van der Waals surface area (Å²) in [6, 6.07) is 0. The van der Waals surface area contributed by atoms with Crippen molar-refractivity contribution in [1.82, 2.24) is 0 Å². The van der Waals surface area contributed by atoms with Gasteiger partial charge in [-0.15, -0.1) is 0 Å². The highest BCUT2D eigenvalue weighted by Crippen LogP contribution is 1.86. The monoisotopic (exact) mass is 213 g/mol. The van der Waals surface area contributed by atoms with E-state index >= 15 is 0 Å². The molecule has 0 aromatic rings. The second kappa shape index (κ2) is 7.22. The molecule has 0 aliphatic heterocycles. The molecule has 0 aliphatic rings. The lowest BCUT2D eigenvalue weighted by Gasteiger charge is -2.07. The SMILES string of the molecule is CCOCCOCCOS(=O)(=O)[O-]. The minimum absolute atomic E-state index is 0.0640. The van der Waals surface area contributed by atoms with E-state index in [1.807, 2.05) is 6.92 Å². The summed E-state index contributed by atoms with van der Waals surface area (Å²) in [5.41, 5.74) is 0. The van der Waals surface area contributed by atoms with Crippen LogP contribution in [-0.4, -0.2) is 46.0 Å². The van der Waals surface area contributed by atoms with Crippen LogP contribution in [0, 0.1) is 0 Å². The van der Waals surface area contributed by atoms with Gasteiger partial charge in [0.1, 0.15) is 0 Å². The van der Waals surface area contributed by atoms with Crippen molar-refractivity contribution in [3.05, 3.63) is 0 Å². The van der Waals surface area contributed by atoms with E-state index in [2.05, 4.69) is 4.18 Å². The van der Waals surface area contributed by atoms with Gasteiger partial charge in [-0.3, -0.25) is 4.18 Å². The molecule has 0 rings (SSSR count). The summed E-state index contributed by atoms with van der Waals surface area (Å²) >= 11 is 0. The number of hydrogen-bond donors (Lipinski definition) is 0. The van der Waals surface area contributed by atoms with Crippen molar-refractivity contribution in [3.8, 4) is 0 Å². The molecule has 0 saturated heterocycles. The second-order valence-corrected chi connectivity index (χ2v) is 3.09. The van der Waals surface area contributed by atoms with Crippen LogP contribution in [0.3, 0.4) is 0 Å². The molecule has 0 radical (unpaired) electrons. The van der Waals surface area contributed by atoms with E-state index in [1.165, 1.54) is 0 Å². The van der Waals surface area contributed by atoms with Gasteiger partial charge < -0.3 is 14.0 Å². The maximum atomic E-state index is 9.91. The Morgan fingerprint density at radius 3 is 2.15 bits per heavy atom. The Morgan fingerprint density at radius 2 is 1.62 bits per heavy atom. The molecule has 13 heavy (non-hydrogen) atoms. The lowest BCUT2D eigenvalue weighted by molar-refractivity contribution is 0.0396. The summed E-state index contributed by atoms with van der Waals surface area (Å²) < 4.78 is 43.4. The van der Waals surface area contributed by atoms with Crippen LogP contribution in [0.1, 0.15) is 6.92 Å². The molecule has 0 bridgehead atoms. The number of rotatable bonds is 8. The van der Waals surface area contributed by atoms with Crippen LogP contribution in [0.5, 0.6) is 0 Å². The Morgan fingerprint density at radius 1 is 1.08 bits per heavy atom. The highest BCUT2D eigenvalue weighted by molar-refractivity contribution is 7.80. The van der Waals surface area contributed by atoms with Crippen molar-refractivity contribution in [2.24, 2.45) is 0 Å². The van der Waals surface area contributed by atoms with Crippen LogP contribution in [0.2, 0.25) is 0 Å². The van der Waals surface area contributed by atoms with Gasteiger partial charge in [-0.2, -0.15) is 0 Å². The summed E-state index contributed by atoms with van der Waals surface area (Å²) in [5.74, 6) is 0. The van der Waals surface area contributed by atoms with Gasteiger partial charge >= 0.3 is 0 Å². The third kappa shape index (κ3) is 11.8. The zero-order valence-corrected chi connectivity index (χ0v) is 8.21. The van der Waals surface area contributed by atoms with Crippen LogP contribution in [0.25, 0.3) is 0 Å². The van der Waals surface area contributed by atoms with Crippen LogP contribution in [-0.2, 0) is 24.1 Å². The molecule has 0 heterocycles. The van der Waals surface area contributed by atoms with Gasteiger partial charge in [-0.25, -0.2) is 8.42 Å². The summed E-state index contributed by atoms with van der Waals surface area (Å²) in [4.78, 5) is 0. The van der Waals surface area contributed by atoms with E-state index in [0.29, 0.717) is 19.8 Å². The van der Waals surface area contributed by atoms with Crippen LogP contribution in [0.4, 0.5) is 0 Å². The summed E-state index contributed by atoms with van der Waals surface area (Å²) in [6.45, 7) is 3.07. The highest BCUT2D eigenvalue weighted by atomic mass is 32.3. The fraction of sp³-hybridized carbons (Fsp3) is 1.00. The quantitative estimate of drug-likeness (QED) is 0.307. The predicted octanol–water partition coefficient (Wildman–Crippen LogP) is -0.484. The lowest BCUT2D eigenvalue weighted by Crippen LogP contribution is -2.12. The Hall–Kier alpha value is -0.210. The molecule has 80 valence electrons. The van der Waals surface area contributed by atoms with Gasteiger partial charge in [0.15, 0.2) is 0 Å². The molecule has 0 atom stereocenters. The van der Waals surface area contributed by atoms with Crippen molar-refractivity contribution < 1.29 is 26.6 Å². The van der Waals surface area contributed by atoms with Crippen molar-refractivity contribution in [2.45, 2.75) is 6.92 Å². The largest absolute Gasteiger partial charge is 0.726 e. The minimum Gasteiger partial charge on any atom is -0.726 e. The second-order valence-electron chi connectivity index (χ2n) is 2.04. The molecule has 0 aromatic heterocycles. The first kappa shape index (κ1) is 12.8. The third-order valence-electron chi connectivity index (χ3n) is 1.03. The fourth-order valence-corrected chi connectivity index (χ4v) is 0.831. The Bertz CT molecular complexity index is 199. The summed E-state index contributed by atoms with van der Waals surface area (Å²) in [6.07, 6.45) is 0. The Kier molecular flexibility index (Phi) is 7.10. The zero-order chi connectivity index (χ0) is 10.2. The molecule has 0 amide bonds. The number of ether oxygens (including phenoxy) is 2.